The highest BCUT2D eigenvalue weighted by Gasteiger charge is 2.20. The van der Waals surface area contributed by atoms with Crippen LogP contribution in [0.2, 0.25) is 5.02 Å². The number of allylic oxidation sites excluding steroid dienone is 1. The largest absolute Gasteiger partial charge is 0.342 e. The number of nitrogens with zero attached hydrogens (tertiary/aromatic N) is 4. The number of benzene rings is 1. The van der Waals surface area contributed by atoms with Crippen molar-refractivity contribution in [1.29, 1.82) is 0 Å². The van der Waals surface area contributed by atoms with E-state index in [1.807, 2.05) is 11.5 Å². The van der Waals surface area contributed by atoms with E-state index in [4.69, 9.17) is 11.6 Å². The van der Waals surface area contributed by atoms with Crippen LogP contribution in [0, 0.1) is 0 Å². The third kappa shape index (κ3) is 5.68. The molecule has 2 amide bonds. The second-order valence-electron chi connectivity index (χ2n) is 6.12. The molecule has 30 heavy (non-hydrogen) atoms. The number of nitrogens with one attached hydrogen (secondary N) is 2. The van der Waals surface area contributed by atoms with Crippen LogP contribution < -0.4 is 10.6 Å². The number of halogens is 1. The molecule has 0 radical (unpaired) electrons. The topological polar surface area (TPSA) is 102 Å². The fourth-order valence-electron chi connectivity index (χ4n) is 2.54. The van der Waals surface area contributed by atoms with Crippen molar-refractivity contribution in [1.82, 2.24) is 25.1 Å². The molecule has 2 aromatic heterocycles. The fraction of sp³-hybridized carbons (Fsp3) is 0.211. The van der Waals surface area contributed by atoms with Gasteiger partial charge in [0, 0.05) is 28.7 Å². The van der Waals surface area contributed by atoms with E-state index in [0.29, 0.717) is 33.2 Å². The molecule has 2 N–H and O–H groups in total. The lowest BCUT2D eigenvalue weighted by atomic mass is 10.2. The van der Waals surface area contributed by atoms with Gasteiger partial charge in [-0.15, -0.1) is 28.1 Å². The van der Waals surface area contributed by atoms with E-state index in [0.717, 1.165) is 0 Å². The molecule has 3 aromatic rings. The SMILES string of the molecule is C=CCn1c(SCC(=O)Nc2nccs2)nnc1[C@@H](C)NC(=O)c1ccc(Cl)cc1. The number of thiazole rings is 1. The van der Waals surface area contributed by atoms with E-state index in [9.17, 15) is 9.59 Å². The Morgan fingerprint density at radius 2 is 2.10 bits per heavy atom. The van der Waals surface area contributed by atoms with Gasteiger partial charge in [-0.2, -0.15) is 0 Å². The first kappa shape index (κ1) is 22.0. The van der Waals surface area contributed by atoms with Gasteiger partial charge in [0.1, 0.15) is 0 Å². The number of carbonyl (C=O) groups is 2. The Morgan fingerprint density at radius 1 is 1.33 bits per heavy atom. The Balaban J connectivity index is 1.66. The maximum atomic E-state index is 12.5. The molecule has 0 unspecified atom stereocenters. The first-order valence-corrected chi connectivity index (χ1v) is 11.1. The number of hydrogen-bond donors (Lipinski definition) is 2. The summed E-state index contributed by atoms with van der Waals surface area (Å²) in [5, 5.41) is 17.5. The first-order valence-electron chi connectivity index (χ1n) is 8.90. The van der Waals surface area contributed by atoms with Crippen LogP contribution in [-0.4, -0.2) is 37.3 Å². The second kappa shape index (κ2) is 10.4. The molecule has 11 heteroatoms. The monoisotopic (exact) mass is 462 g/mol. The molecule has 0 aliphatic carbocycles. The van der Waals surface area contributed by atoms with Gasteiger partial charge in [0.05, 0.1) is 11.8 Å². The molecular formula is C19H19ClN6O2S2. The van der Waals surface area contributed by atoms with Crippen molar-refractivity contribution >= 4 is 51.6 Å². The molecule has 0 bridgehead atoms. The zero-order valence-corrected chi connectivity index (χ0v) is 18.4. The average molecular weight is 463 g/mol. The van der Waals surface area contributed by atoms with Crippen LogP contribution in [0.25, 0.3) is 0 Å². The van der Waals surface area contributed by atoms with Gasteiger partial charge in [0.2, 0.25) is 5.91 Å². The van der Waals surface area contributed by atoms with Crippen molar-refractivity contribution in [2.45, 2.75) is 24.7 Å². The molecule has 3 rings (SSSR count). The first-order chi connectivity index (χ1) is 14.5. The number of anilines is 1. The van der Waals surface area contributed by atoms with E-state index >= 15 is 0 Å². The summed E-state index contributed by atoms with van der Waals surface area (Å²) in [6.45, 7) is 6.03. The molecule has 1 atom stereocenters. The molecule has 0 saturated heterocycles. The summed E-state index contributed by atoms with van der Waals surface area (Å²) in [5.41, 5.74) is 0.495. The van der Waals surface area contributed by atoms with Crippen LogP contribution in [0.1, 0.15) is 29.1 Å². The number of hydrogen-bond acceptors (Lipinski definition) is 7. The molecule has 0 saturated carbocycles. The Kier molecular flexibility index (Phi) is 7.61. The van der Waals surface area contributed by atoms with Gasteiger partial charge in [0.15, 0.2) is 16.1 Å². The minimum Gasteiger partial charge on any atom is -0.342 e. The smallest absolute Gasteiger partial charge is 0.251 e. The molecule has 0 fully saturated rings. The van der Waals surface area contributed by atoms with E-state index in [-0.39, 0.29) is 17.6 Å². The Morgan fingerprint density at radius 3 is 2.77 bits per heavy atom. The molecule has 0 aliphatic heterocycles. The van der Waals surface area contributed by atoms with Gasteiger partial charge in [-0.3, -0.25) is 9.59 Å². The standard InChI is InChI=1S/C19H19ClN6O2S2/c1-3-9-26-16(12(2)22-17(28)13-4-6-14(20)7-5-13)24-25-19(26)30-11-15(27)23-18-21-8-10-29-18/h3-8,10,12H,1,9,11H2,2H3,(H,22,28)(H,21,23,27)/t12-/m1/s1. The normalized spacial score (nSPS) is 11.7. The predicted molar refractivity (Wildman–Crippen MR) is 119 cm³/mol. The van der Waals surface area contributed by atoms with Gasteiger partial charge in [0.25, 0.3) is 5.91 Å². The minimum absolute atomic E-state index is 0.153. The molecular weight excluding hydrogens is 444 g/mol. The highest BCUT2D eigenvalue weighted by molar-refractivity contribution is 7.99. The lowest BCUT2D eigenvalue weighted by Gasteiger charge is -2.15. The van der Waals surface area contributed by atoms with E-state index < -0.39 is 6.04 Å². The van der Waals surface area contributed by atoms with Crippen LogP contribution in [0.4, 0.5) is 5.13 Å². The van der Waals surface area contributed by atoms with Gasteiger partial charge in [-0.05, 0) is 31.2 Å². The van der Waals surface area contributed by atoms with E-state index in [1.54, 1.807) is 41.9 Å². The van der Waals surface area contributed by atoms with E-state index in [1.165, 1.54) is 23.1 Å². The quantitative estimate of drug-likeness (QED) is 0.370. The van der Waals surface area contributed by atoms with Crippen LogP contribution in [0.15, 0.2) is 53.7 Å². The zero-order chi connectivity index (χ0) is 21.5. The summed E-state index contributed by atoms with van der Waals surface area (Å²) < 4.78 is 1.82. The lowest BCUT2D eigenvalue weighted by Crippen LogP contribution is -2.28. The van der Waals surface area contributed by atoms with Crippen LogP contribution in [0.5, 0.6) is 0 Å². The summed E-state index contributed by atoms with van der Waals surface area (Å²) in [7, 11) is 0. The summed E-state index contributed by atoms with van der Waals surface area (Å²) in [6.07, 6.45) is 3.33. The molecule has 2 heterocycles. The lowest BCUT2D eigenvalue weighted by molar-refractivity contribution is -0.113. The zero-order valence-electron chi connectivity index (χ0n) is 16.0. The number of thioether (sulfide) groups is 1. The summed E-state index contributed by atoms with van der Waals surface area (Å²) in [6, 6.07) is 6.22. The van der Waals surface area contributed by atoms with Crippen LogP contribution in [-0.2, 0) is 11.3 Å². The third-order valence-electron chi connectivity index (χ3n) is 3.91. The second-order valence-corrected chi connectivity index (χ2v) is 8.39. The molecule has 8 nitrogen and oxygen atoms in total. The van der Waals surface area contributed by atoms with Gasteiger partial charge in [-0.25, -0.2) is 4.98 Å². The van der Waals surface area contributed by atoms with Crippen molar-refractivity contribution in [3.63, 3.8) is 0 Å². The summed E-state index contributed by atoms with van der Waals surface area (Å²) in [5.74, 6) is 0.290. The van der Waals surface area contributed by atoms with Gasteiger partial charge < -0.3 is 15.2 Å². The average Bonchev–Trinajstić information content (AvgIpc) is 3.37. The minimum atomic E-state index is -0.404. The maximum Gasteiger partial charge on any atom is 0.251 e. The molecule has 1 aromatic carbocycles. The summed E-state index contributed by atoms with van der Waals surface area (Å²) >= 11 is 8.47. The molecule has 0 spiro atoms. The third-order valence-corrected chi connectivity index (χ3v) is 5.82. The number of aromatic nitrogens is 4. The number of amides is 2. The van der Waals surface area contributed by atoms with E-state index in [2.05, 4.69) is 32.4 Å². The fourth-order valence-corrected chi connectivity index (χ4v) is 3.97. The van der Waals surface area contributed by atoms with Gasteiger partial charge in [-0.1, -0.05) is 29.4 Å². The van der Waals surface area contributed by atoms with Crippen molar-refractivity contribution < 1.29 is 9.59 Å². The van der Waals surface area contributed by atoms with Crippen LogP contribution >= 0.6 is 34.7 Å². The van der Waals surface area contributed by atoms with Gasteiger partial charge >= 0.3 is 0 Å². The summed E-state index contributed by atoms with van der Waals surface area (Å²) in [4.78, 5) is 28.6. The van der Waals surface area contributed by atoms with Crippen molar-refractivity contribution in [2.75, 3.05) is 11.1 Å². The highest BCUT2D eigenvalue weighted by Crippen LogP contribution is 2.22. The number of carbonyl (C=O) groups excluding carboxylic acids is 2. The van der Waals surface area contributed by atoms with Crippen LogP contribution in [0.3, 0.4) is 0 Å². The number of rotatable bonds is 9. The highest BCUT2D eigenvalue weighted by atomic mass is 35.5. The Labute approximate surface area is 186 Å². The predicted octanol–water partition coefficient (Wildman–Crippen LogP) is 3.80. The van der Waals surface area contributed by atoms with Crippen molar-refractivity contribution in [3.8, 4) is 0 Å². The van der Waals surface area contributed by atoms with Crippen molar-refractivity contribution in [2.24, 2.45) is 0 Å². The maximum absolute atomic E-state index is 12.5. The molecule has 156 valence electrons. The Bertz CT molecular complexity index is 1020. The Hall–Kier alpha value is -2.69. The van der Waals surface area contributed by atoms with Crippen molar-refractivity contribution in [3.05, 3.63) is 64.9 Å². The molecule has 0 aliphatic rings.